The largest absolute Gasteiger partial charge is 0.481 e. The van der Waals surface area contributed by atoms with Gasteiger partial charge in [-0.2, -0.15) is 0 Å². The first-order chi connectivity index (χ1) is 11.1. The third kappa shape index (κ3) is 3.53. The van der Waals surface area contributed by atoms with E-state index in [1.165, 1.54) is 11.3 Å². The molecule has 1 fully saturated rings. The van der Waals surface area contributed by atoms with Crippen molar-refractivity contribution in [2.45, 2.75) is 25.7 Å². The van der Waals surface area contributed by atoms with E-state index < -0.39 is 17.8 Å². The van der Waals surface area contributed by atoms with Crippen LogP contribution in [0.15, 0.2) is 24.5 Å². The van der Waals surface area contributed by atoms with E-state index in [1.807, 2.05) is 12.1 Å². The lowest BCUT2D eigenvalue weighted by Gasteiger charge is -2.26. The van der Waals surface area contributed by atoms with Gasteiger partial charge >= 0.3 is 5.97 Å². The molecule has 0 saturated heterocycles. The lowest BCUT2D eigenvalue weighted by Crippen LogP contribution is -2.36. The summed E-state index contributed by atoms with van der Waals surface area (Å²) in [7, 11) is 0. The number of carboxylic acids is 1. The van der Waals surface area contributed by atoms with Crippen LogP contribution in [0.25, 0.3) is 10.6 Å². The highest BCUT2D eigenvalue weighted by molar-refractivity contribution is 7.18. The van der Waals surface area contributed by atoms with Gasteiger partial charge in [-0.3, -0.25) is 14.6 Å². The Hall–Kier alpha value is -2.35. The fraction of sp³-hybridized carbons (Fsp3) is 0.400. The summed E-state index contributed by atoms with van der Waals surface area (Å²) in [5, 5.41) is 21.1. The Kier molecular flexibility index (Phi) is 4.61. The number of hydrogen-bond acceptors (Lipinski definition) is 6. The molecule has 0 bridgehead atoms. The van der Waals surface area contributed by atoms with Crippen LogP contribution in [-0.4, -0.2) is 32.2 Å². The van der Waals surface area contributed by atoms with Gasteiger partial charge in [0.15, 0.2) is 0 Å². The van der Waals surface area contributed by atoms with Gasteiger partial charge in [0, 0.05) is 18.0 Å². The van der Waals surface area contributed by atoms with E-state index in [9.17, 15) is 14.7 Å². The molecule has 2 aromatic rings. The summed E-state index contributed by atoms with van der Waals surface area (Å²) in [5.74, 6) is -2.31. The van der Waals surface area contributed by atoms with Crippen molar-refractivity contribution in [1.29, 1.82) is 0 Å². The normalized spacial score (nSPS) is 20.9. The van der Waals surface area contributed by atoms with Crippen LogP contribution >= 0.6 is 11.3 Å². The van der Waals surface area contributed by atoms with Gasteiger partial charge in [-0.05, 0) is 25.0 Å². The number of carboxylic acid groups (broad SMARTS) is 1. The monoisotopic (exact) mass is 332 g/mol. The second-order valence-corrected chi connectivity index (χ2v) is 6.45. The highest BCUT2D eigenvalue weighted by Gasteiger charge is 2.36. The summed E-state index contributed by atoms with van der Waals surface area (Å²) in [6.07, 6.45) is 6.19. The van der Waals surface area contributed by atoms with Crippen LogP contribution in [0.4, 0.5) is 5.13 Å². The maximum atomic E-state index is 12.4. The summed E-state index contributed by atoms with van der Waals surface area (Å²) in [5.41, 5.74) is 0.874. The molecule has 2 N–H and O–H groups in total. The molecule has 1 saturated carbocycles. The number of aliphatic carboxylic acids is 1. The smallest absolute Gasteiger partial charge is 0.307 e. The third-order valence-corrected chi connectivity index (χ3v) is 4.89. The molecule has 1 aliphatic carbocycles. The van der Waals surface area contributed by atoms with E-state index in [4.69, 9.17) is 0 Å². The standard InChI is InChI=1S/C15H16N4O3S/c20-12(10-3-1-2-4-11(10)14(21)22)17-15-19-18-13(23-15)9-5-7-16-8-6-9/h5-8,10-11H,1-4H2,(H,21,22)(H,17,19,20)/t10-,11-/m1/s1. The predicted octanol–water partition coefficient (Wildman–Crippen LogP) is 2.43. The molecule has 0 radical (unpaired) electrons. The second-order valence-electron chi connectivity index (χ2n) is 5.47. The molecule has 2 atom stereocenters. The van der Waals surface area contributed by atoms with Crippen molar-refractivity contribution in [3.8, 4) is 10.6 Å². The van der Waals surface area contributed by atoms with Crippen molar-refractivity contribution < 1.29 is 14.7 Å². The molecule has 3 rings (SSSR count). The number of anilines is 1. The summed E-state index contributed by atoms with van der Waals surface area (Å²) in [6.45, 7) is 0. The second kappa shape index (κ2) is 6.82. The Morgan fingerprint density at radius 1 is 1.13 bits per heavy atom. The molecule has 2 heterocycles. The Balaban J connectivity index is 1.70. The minimum absolute atomic E-state index is 0.283. The van der Waals surface area contributed by atoms with Gasteiger partial charge in [0.2, 0.25) is 11.0 Å². The zero-order valence-corrected chi connectivity index (χ0v) is 13.1. The minimum Gasteiger partial charge on any atom is -0.481 e. The van der Waals surface area contributed by atoms with Crippen molar-refractivity contribution in [2.75, 3.05) is 5.32 Å². The fourth-order valence-electron chi connectivity index (χ4n) is 2.82. The van der Waals surface area contributed by atoms with E-state index in [2.05, 4.69) is 20.5 Å². The number of carbonyl (C=O) groups is 2. The molecule has 2 aromatic heterocycles. The summed E-state index contributed by atoms with van der Waals surface area (Å²) in [4.78, 5) is 27.6. The summed E-state index contributed by atoms with van der Waals surface area (Å²) in [6, 6.07) is 3.63. The first-order valence-corrected chi connectivity index (χ1v) is 8.24. The molecule has 0 spiro atoms. The SMILES string of the molecule is O=C(O)[C@@H]1CCCC[C@H]1C(=O)Nc1nnc(-c2ccncc2)s1. The summed E-state index contributed by atoms with van der Waals surface area (Å²) >= 11 is 1.26. The zero-order valence-electron chi connectivity index (χ0n) is 12.3. The van der Waals surface area contributed by atoms with E-state index in [0.29, 0.717) is 23.0 Å². The molecular weight excluding hydrogens is 316 g/mol. The van der Waals surface area contributed by atoms with Gasteiger partial charge in [0.25, 0.3) is 0 Å². The third-order valence-electron chi connectivity index (χ3n) is 4.00. The molecule has 0 aromatic carbocycles. The van der Waals surface area contributed by atoms with E-state index in [0.717, 1.165) is 18.4 Å². The lowest BCUT2D eigenvalue weighted by molar-refractivity contribution is -0.147. The maximum absolute atomic E-state index is 12.4. The highest BCUT2D eigenvalue weighted by Crippen LogP contribution is 2.32. The van der Waals surface area contributed by atoms with Crippen molar-refractivity contribution in [3.63, 3.8) is 0 Å². The molecule has 8 heteroatoms. The quantitative estimate of drug-likeness (QED) is 0.891. The Labute approximate surface area is 136 Å². The zero-order chi connectivity index (χ0) is 16.2. The Morgan fingerprint density at radius 2 is 1.83 bits per heavy atom. The van der Waals surface area contributed by atoms with E-state index in [-0.39, 0.29) is 5.91 Å². The van der Waals surface area contributed by atoms with Gasteiger partial charge in [-0.25, -0.2) is 0 Å². The molecule has 1 amide bonds. The number of nitrogens with zero attached hydrogens (tertiary/aromatic N) is 3. The van der Waals surface area contributed by atoms with Crippen LogP contribution < -0.4 is 5.32 Å². The number of hydrogen-bond donors (Lipinski definition) is 2. The molecular formula is C15H16N4O3S. The van der Waals surface area contributed by atoms with Crippen molar-refractivity contribution in [2.24, 2.45) is 11.8 Å². The summed E-state index contributed by atoms with van der Waals surface area (Å²) < 4.78 is 0. The van der Waals surface area contributed by atoms with Gasteiger partial charge in [0.05, 0.1) is 11.8 Å². The van der Waals surface area contributed by atoms with Crippen LogP contribution in [-0.2, 0) is 9.59 Å². The molecule has 120 valence electrons. The minimum atomic E-state index is -0.903. The van der Waals surface area contributed by atoms with Crippen molar-refractivity contribution >= 4 is 28.3 Å². The number of aromatic nitrogens is 3. The average molecular weight is 332 g/mol. The van der Waals surface area contributed by atoms with Gasteiger partial charge in [-0.1, -0.05) is 24.2 Å². The number of pyridine rings is 1. The highest BCUT2D eigenvalue weighted by atomic mass is 32.1. The molecule has 0 unspecified atom stereocenters. The predicted molar refractivity (Wildman–Crippen MR) is 84.9 cm³/mol. The van der Waals surface area contributed by atoms with E-state index >= 15 is 0 Å². The first kappa shape index (κ1) is 15.5. The van der Waals surface area contributed by atoms with Gasteiger partial charge in [0.1, 0.15) is 5.01 Å². The van der Waals surface area contributed by atoms with E-state index in [1.54, 1.807) is 12.4 Å². The number of amides is 1. The van der Waals surface area contributed by atoms with Crippen LogP contribution in [0, 0.1) is 11.8 Å². The number of rotatable bonds is 4. The van der Waals surface area contributed by atoms with Crippen molar-refractivity contribution in [3.05, 3.63) is 24.5 Å². The van der Waals surface area contributed by atoms with Crippen LogP contribution in [0.3, 0.4) is 0 Å². The Bertz CT molecular complexity index is 704. The van der Waals surface area contributed by atoms with Gasteiger partial charge in [-0.15, -0.1) is 10.2 Å². The van der Waals surface area contributed by atoms with Crippen LogP contribution in [0.2, 0.25) is 0 Å². The number of nitrogens with one attached hydrogen (secondary N) is 1. The molecule has 1 aliphatic rings. The van der Waals surface area contributed by atoms with Crippen molar-refractivity contribution in [1.82, 2.24) is 15.2 Å². The van der Waals surface area contributed by atoms with Gasteiger partial charge < -0.3 is 10.4 Å². The maximum Gasteiger partial charge on any atom is 0.307 e. The topological polar surface area (TPSA) is 105 Å². The molecule has 23 heavy (non-hydrogen) atoms. The Morgan fingerprint density at radius 3 is 2.52 bits per heavy atom. The number of carbonyl (C=O) groups excluding carboxylic acids is 1. The molecule has 7 nitrogen and oxygen atoms in total. The average Bonchev–Trinajstić information content (AvgIpc) is 3.04. The first-order valence-electron chi connectivity index (χ1n) is 7.42. The molecule has 0 aliphatic heterocycles. The van der Waals surface area contributed by atoms with Crippen LogP contribution in [0.5, 0.6) is 0 Å². The lowest BCUT2D eigenvalue weighted by atomic mass is 9.79. The fourth-order valence-corrected chi connectivity index (χ4v) is 3.58. The van der Waals surface area contributed by atoms with Crippen LogP contribution in [0.1, 0.15) is 25.7 Å².